The van der Waals surface area contributed by atoms with Crippen molar-refractivity contribution >= 4 is 5.91 Å². The molecule has 0 unspecified atom stereocenters. The Bertz CT molecular complexity index is 413. The van der Waals surface area contributed by atoms with Crippen molar-refractivity contribution in [2.45, 2.75) is 38.1 Å². The third kappa shape index (κ3) is 1.73. The van der Waals surface area contributed by atoms with Crippen LogP contribution in [0.1, 0.15) is 30.4 Å². The molecule has 0 spiro atoms. The maximum atomic E-state index is 11.2. The molecule has 0 radical (unpaired) electrons. The number of benzene rings is 1. The van der Waals surface area contributed by atoms with E-state index in [-0.39, 0.29) is 5.91 Å². The second-order valence-electron chi connectivity index (χ2n) is 4.98. The normalized spacial score (nSPS) is 28.6. The molecule has 0 saturated carbocycles. The number of carbonyl (C=O) groups is 1. The summed E-state index contributed by atoms with van der Waals surface area (Å²) in [5, 5.41) is 3.12. The highest BCUT2D eigenvalue weighted by molar-refractivity contribution is 5.78. The molecular formula is C14H17NO. The predicted molar refractivity (Wildman–Crippen MR) is 63.1 cm³/mol. The zero-order valence-electron chi connectivity index (χ0n) is 9.41. The SMILES string of the molecule is O=C1CC[C@@H]([C@H]2CCc3ccccc3C2)N1. The Kier molecular flexibility index (Phi) is 2.43. The third-order valence-electron chi connectivity index (χ3n) is 3.98. The van der Waals surface area contributed by atoms with Gasteiger partial charge in [-0.15, -0.1) is 0 Å². The number of carbonyl (C=O) groups excluding carboxylic acids is 1. The number of hydrogen-bond acceptors (Lipinski definition) is 1. The van der Waals surface area contributed by atoms with Crippen LogP contribution in [0.4, 0.5) is 0 Å². The Morgan fingerprint density at radius 3 is 2.62 bits per heavy atom. The van der Waals surface area contributed by atoms with Crippen molar-refractivity contribution in [3.8, 4) is 0 Å². The van der Waals surface area contributed by atoms with Gasteiger partial charge in [0.05, 0.1) is 0 Å². The molecular weight excluding hydrogens is 198 g/mol. The van der Waals surface area contributed by atoms with Crippen molar-refractivity contribution in [1.82, 2.24) is 5.32 Å². The number of fused-ring (bicyclic) bond motifs is 1. The maximum Gasteiger partial charge on any atom is 0.220 e. The summed E-state index contributed by atoms with van der Waals surface area (Å²) < 4.78 is 0. The fraction of sp³-hybridized carbons (Fsp3) is 0.500. The van der Waals surface area contributed by atoms with Gasteiger partial charge in [-0.2, -0.15) is 0 Å². The smallest absolute Gasteiger partial charge is 0.220 e. The quantitative estimate of drug-likeness (QED) is 0.763. The molecule has 2 nitrogen and oxygen atoms in total. The van der Waals surface area contributed by atoms with Gasteiger partial charge >= 0.3 is 0 Å². The number of amides is 1. The zero-order valence-corrected chi connectivity index (χ0v) is 9.41. The van der Waals surface area contributed by atoms with Gasteiger partial charge in [-0.25, -0.2) is 0 Å². The van der Waals surface area contributed by atoms with E-state index in [0.29, 0.717) is 12.0 Å². The van der Waals surface area contributed by atoms with Crippen LogP contribution in [0.15, 0.2) is 24.3 Å². The van der Waals surface area contributed by atoms with E-state index in [0.717, 1.165) is 19.3 Å². The van der Waals surface area contributed by atoms with Gasteiger partial charge in [-0.1, -0.05) is 24.3 Å². The molecule has 1 N–H and O–H groups in total. The third-order valence-corrected chi connectivity index (χ3v) is 3.98. The molecule has 2 aliphatic rings. The molecule has 84 valence electrons. The lowest BCUT2D eigenvalue weighted by Gasteiger charge is -2.29. The van der Waals surface area contributed by atoms with Crippen molar-refractivity contribution in [2.75, 3.05) is 0 Å². The minimum Gasteiger partial charge on any atom is -0.353 e. The van der Waals surface area contributed by atoms with E-state index >= 15 is 0 Å². The van der Waals surface area contributed by atoms with Crippen LogP contribution in [-0.4, -0.2) is 11.9 Å². The molecule has 1 aromatic carbocycles. The standard InChI is InChI=1S/C14H17NO/c16-14-8-7-13(15-14)12-6-5-10-3-1-2-4-11(10)9-12/h1-4,12-13H,5-9H2,(H,15,16)/t12-,13-/m0/s1. The van der Waals surface area contributed by atoms with Gasteiger partial charge in [0.15, 0.2) is 0 Å². The zero-order chi connectivity index (χ0) is 11.0. The summed E-state index contributed by atoms with van der Waals surface area (Å²) in [6.45, 7) is 0. The summed E-state index contributed by atoms with van der Waals surface area (Å²) in [6, 6.07) is 9.14. The molecule has 3 rings (SSSR count). The van der Waals surface area contributed by atoms with Crippen molar-refractivity contribution < 1.29 is 4.79 Å². The number of hydrogen-bond donors (Lipinski definition) is 1. The van der Waals surface area contributed by atoms with Crippen LogP contribution >= 0.6 is 0 Å². The lowest BCUT2D eigenvalue weighted by molar-refractivity contribution is -0.119. The van der Waals surface area contributed by atoms with Crippen LogP contribution in [0.2, 0.25) is 0 Å². The Labute approximate surface area is 96.1 Å². The van der Waals surface area contributed by atoms with E-state index in [4.69, 9.17) is 0 Å². The first-order valence-electron chi connectivity index (χ1n) is 6.19. The molecule has 1 fully saturated rings. The molecule has 1 heterocycles. The first-order chi connectivity index (χ1) is 7.83. The lowest BCUT2D eigenvalue weighted by atomic mass is 9.80. The summed E-state index contributed by atoms with van der Waals surface area (Å²) in [5.41, 5.74) is 2.99. The summed E-state index contributed by atoms with van der Waals surface area (Å²) >= 11 is 0. The molecule has 1 aliphatic carbocycles. The Morgan fingerprint density at radius 2 is 1.88 bits per heavy atom. The van der Waals surface area contributed by atoms with Crippen molar-refractivity contribution in [3.63, 3.8) is 0 Å². The van der Waals surface area contributed by atoms with E-state index in [9.17, 15) is 4.79 Å². The number of aryl methyl sites for hydroxylation is 1. The van der Waals surface area contributed by atoms with Crippen LogP contribution < -0.4 is 5.32 Å². The van der Waals surface area contributed by atoms with Gasteiger partial charge in [0, 0.05) is 12.5 Å². The summed E-state index contributed by atoms with van der Waals surface area (Å²) in [5.74, 6) is 0.894. The molecule has 16 heavy (non-hydrogen) atoms. The predicted octanol–water partition coefficient (Wildman–Crippen LogP) is 2.07. The first kappa shape index (κ1) is 9.88. The molecule has 0 aromatic heterocycles. The monoisotopic (exact) mass is 215 g/mol. The van der Waals surface area contributed by atoms with Crippen LogP contribution in [0.3, 0.4) is 0 Å². The second kappa shape index (κ2) is 3.93. The highest BCUT2D eigenvalue weighted by Crippen LogP contribution is 2.30. The van der Waals surface area contributed by atoms with Gasteiger partial charge < -0.3 is 5.32 Å². The van der Waals surface area contributed by atoms with E-state index < -0.39 is 0 Å². The van der Waals surface area contributed by atoms with Gasteiger partial charge in [-0.3, -0.25) is 4.79 Å². The fourth-order valence-corrected chi connectivity index (χ4v) is 3.06. The highest BCUT2D eigenvalue weighted by Gasteiger charge is 2.30. The Morgan fingerprint density at radius 1 is 1.06 bits per heavy atom. The molecule has 2 atom stereocenters. The average molecular weight is 215 g/mol. The van der Waals surface area contributed by atoms with Crippen molar-refractivity contribution in [3.05, 3.63) is 35.4 Å². The average Bonchev–Trinajstić information content (AvgIpc) is 2.75. The molecule has 1 saturated heterocycles. The summed E-state index contributed by atoms with van der Waals surface area (Å²) in [6.07, 6.45) is 5.30. The van der Waals surface area contributed by atoms with Crippen molar-refractivity contribution in [1.29, 1.82) is 0 Å². The van der Waals surface area contributed by atoms with Crippen LogP contribution in [0.5, 0.6) is 0 Å². The Hall–Kier alpha value is -1.31. The van der Waals surface area contributed by atoms with Crippen LogP contribution in [-0.2, 0) is 17.6 Å². The largest absolute Gasteiger partial charge is 0.353 e. The topological polar surface area (TPSA) is 29.1 Å². The number of nitrogens with one attached hydrogen (secondary N) is 1. The molecule has 1 aliphatic heterocycles. The molecule has 1 amide bonds. The van der Waals surface area contributed by atoms with E-state index in [2.05, 4.69) is 29.6 Å². The highest BCUT2D eigenvalue weighted by atomic mass is 16.1. The summed E-state index contributed by atoms with van der Waals surface area (Å²) in [7, 11) is 0. The van der Waals surface area contributed by atoms with Gasteiger partial charge in [-0.05, 0) is 42.7 Å². The molecule has 0 bridgehead atoms. The minimum absolute atomic E-state index is 0.240. The van der Waals surface area contributed by atoms with E-state index in [1.54, 1.807) is 0 Å². The summed E-state index contributed by atoms with van der Waals surface area (Å²) in [4.78, 5) is 11.2. The van der Waals surface area contributed by atoms with Gasteiger partial charge in [0.1, 0.15) is 0 Å². The van der Waals surface area contributed by atoms with Crippen LogP contribution in [0.25, 0.3) is 0 Å². The van der Waals surface area contributed by atoms with Gasteiger partial charge in [0.25, 0.3) is 0 Å². The van der Waals surface area contributed by atoms with E-state index in [1.165, 1.54) is 24.0 Å². The molecule has 1 aromatic rings. The Balaban J connectivity index is 1.75. The van der Waals surface area contributed by atoms with Gasteiger partial charge in [0.2, 0.25) is 5.91 Å². The maximum absolute atomic E-state index is 11.2. The van der Waals surface area contributed by atoms with Crippen LogP contribution in [0, 0.1) is 5.92 Å². The fourth-order valence-electron chi connectivity index (χ4n) is 3.06. The molecule has 2 heteroatoms. The first-order valence-corrected chi connectivity index (χ1v) is 6.19. The lowest BCUT2D eigenvalue weighted by Crippen LogP contribution is -2.35. The van der Waals surface area contributed by atoms with Crippen molar-refractivity contribution in [2.24, 2.45) is 5.92 Å². The second-order valence-corrected chi connectivity index (χ2v) is 4.98. The minimum atomic E-state index is 0.240. The number of rotatable bonds is 1. The van der Waals surface area contributed by atoms with E-state index in [1.807, 2.05) is 0 Å².